The second kappa shape index (κ2) is 4.52. The molecule has 0 aliphatic heterocycles. The van der Waals surface area contributed by atoms with Gasteiger partial charge in [0.2, 0.25) is 0 Å². The van der Waals surface area contributed by atoms with Gasteiger partial charge in [0, 0.05) is 7.05 Å². The molecule has 0 aliphatic rings. The lowest BCUT2D eigenvalue weighted by atomic mass is 10.1. The molecule has 0 aliphatic carbocycles. The SMILES string of the molecule is CN(CC(=O)O)C(=O)c1c(O)cccc1O. The van der Waals surface area contributed by atoms with Gasteiger partial charge in [0.05, 0.1) is 0 Å². The number of likely N-dealkylation sites (N-methyl/N-ethyl adjacent to an activating group) is 1. The van der Waals surface area contributed by atoms with Gasteiger partial charge in [-0.05, 0) is 12.1 Å². The molecule has 1 rings (SSSR count). The van der Waals surface area contributed by atoms with Crippen molar-refractivity contribution in [1.29, 1.82) is 0 Å². The normalized spacial score (nSPS) is 9.81. The van der Waals surface area contributed by atoms with Gasteiger partial charge in [-0.3, -0.25) is 9.59 Å². The highest BCUT2D eigenvalue weighted by atomic mass is 16.4. The highest BCUT2D eigenvalue weighted by Crippen LogP contribution is 2.27. The van der Waals surface area contributed by atoms with Crippen LogP contribution in [0.5, 0.6) is 11.5 Å². The van der Waals surface area contributed by atoms with Crippen molar-refractivity contribution in [2.45, 2.75) is 0 Å². The summed E-state index contributed by atoms with van der Waals surface area (Å²) < 4.78 is 0. The Labute approximate surface area is 91.4 Å². The molecular formula is C10H11NO5. The van der Waals surface area contributed by atoms with Crippen LogP contribution in [0.4, 0.5) is 0 Å². The summed E-state index contributed by atoms with van der Waals surface area (Å²) in [6, 6.07) is 3.85. The fraction of sp³-hybridized carbons (Fsp3) is 0.200. The molecule has 0 heterocycles. The Morgan fingerprint density at radius 2 is 1.75 bits per heavy atom. The Bertz CT molecular complexity index is 409. The van der Waals surface area contributed by atoms with Gasteiger partial charge in [0.15, 0.2) is 0 Å². The van der Waals surface area contributed by atoms with Gasteiger partial charge < -0.3 is 20.2 Å². The molecule has 1 aromatic rings. The maximum Gasteiger partial charge on any atom is 0.323 e. The average Bonchev–Trinajstić information content (AvgIpc) is 2.16. The number of phenolic OH excluding ortho intramolecular Hbond substituents is 2. The first-order valence-electron chi connectivity index (χ1n) is 4.41. The van der Waals surface area contributed by atoms with E-state index in [0.717, 1.165) is 4.90 Å². The summed E-state index contributed by atoms with van der Waals surface area (Å²) in [5, 5.41) is 27.3. The lowest BCUT2D eigenvalue weighted by Crippen LogP contribution is -2.32. The molecule has 1 aromatic carbocycles. The minimum Gasteiger partial charge on any atom is -0.507 e. The number of nitrogens with zero attached hydrogens (tertiary/aromatic N) is 1. The summed E-state index contributed by atoms with van der Waals surface area (Å²) in [7, 11) is 1.27. The zero-order valence-corrected chi connectivity index (χ0v) is 8.54. The van der Waals surface area contributed by atoms with Crippen LogP contribution >= 0.6 is 0 Å². The number of benzene rings is 1. The first kappa shape index (κ1) is 11.8. The zero-order chi connectivity index (χ0) is 12.3. The summed E-state index contributed by atoms with van der Waals surface area (Å²) >= 11 is 0. The van der Waals surface area contributed by atoms with E-state index in [4.69, 9.17) is 5.11 Å². The van der Waals surface area contributed by atoms with E-state index in [1.54, 1.807) is 0 Å². The molecule has 86 valence electrons. The number of hydrogen-bond donors (Lipinski definition) is 3. The van der Waals surface area contributed by atoms with Crippen LogP contribution in [-0.4, -0.2) is 45.7 Å². The van der Waals surface area contributed by atoms with Crippen LogP contribution in [-0.2, 0) is 4.79 Å². The lowest BCUT2D eigenvalue weighted by Gasteiger charge is -2.15. The van der Waals surface area contributed by atoms with Gasteiger partial charge in [-0.15, -0.1) is 0 Å². The number of hydrogen-bond acceptors (Lipinski definition) is 4. The Morgan fingerprint density at radius 1 is 1.25 bits per heavy atom. The lowest BCUT2D eigenvalue weighted by molar-refractivity contribution is -0.137. The summed E-state index contributed by atoms with van der Waals surface area (Å²) in [5.41, 5.74) is -0.300. The van der Waals surface area contributed by atoms with Crippen molar-refractivity contribution in [3.8, 4) is 11.5 Å². The van der Waals surface area contributed by atoms with E-state index in [2.05, 4.69) is 0 Å². The molecule has 0 fully saturated rings. The van der Waals surface area contributed by atoms with E-state index in [1.165, 1.54) is 25.2 Å². The van der Waals surface area contributed by atoms with Gasteiger partial charge >= 0.3 is 5.97 Å². The molecule has 0 atom stereocenters. The molecule has 6 heteroatoms. The molecule has 0 saturated heterocycles. The number of carboxylic acid groups (broad SMARTS) is 1. The average molecular weight is 225 g/mol. The molecule has 16 heavy (non-hydrogen) atoms. The summed E-state index contributed by atoms with van der Waals surface area (Å²) in [5.74, 6) is -2.70. The van der Waals surface area contributed by atoms with E-state index in [-0.39, 0.29) is 17.1 Å². The van der Waals surface area contributed by atoms with Crippen LogP contribution in [0.15, 0.2) is 18.2 Å². The van der Waals surface area contributed by atoms with Gasteiger partial charge in [0.1, 0.15) is 23.6 Å². The van der Waals surface area contributed by atoms with E-state index in [1.807, 2.05) is 0 Å². The van der Waals surface area contributed by atoms with E-state index in [9.17, 15) is 19.8 Å². The number of amides is 1. The van der Waals surface area contributed by atoms with Crippen molar-refractivity contribution in [2.24, 2.45) is 0 Å². The van der Waals surface area contributed by atoms with Crippen LogP contribution in [0, 0.1) is 0 Å². The molecule has 6 nitrogen and oxygen atoms in total. The standard InChI is InChI=1S/C10H11NO5/c1-11(5-8(14)15)10(16)9-6(12)3-2-4-7(9)13/h2-4,12-13H,5H2,1H3,(H,14,15). The number of carbonyl (C=O) groups is 2. The number of aliphatic carboxylic acids is 1. The van der Waals surface area contributed by atoms with Gasteiger partial charge in [-0.1, -0.05) is 6.07 Å². The topological polar surface area (TPSA) is 98.1 Å². The summed E-state index contributed by atoms with van der Waals surface area (Å²) in [6.45, 7) is -0.507. The third-order valence-electron chi connectivity index (χ3n) is 1.95. The maximum absolute atomic E-state index is 11.7. The fourth-order valence-electron chi connectivity index (χ4n) is 1.21. The van der Waals surface area contributed by atoms with Crippen LogP contribution in [0.3, 0.4) is 0 Å². The van der Waals surface area contributed by atoms with Crippen LogP contribution < -0.4 is 0 Å². The second-order valence-corrected chi connectivity index (χ2v) is 3.23. The van der Waals surface area contributed by atoms with Crippen molar-refractivity contribution in [3.05, 3.63) is 23.8 Å². The Balaban J connectivity index is 3.00. The number of carbonyl (C=O) groups excluding carboxylic acids is 1. The fourth-order valence-corrected chi connectivity index (χ4v) is 1.21. The van der Waals surface area contributed by atoms with Crippen molar-refractivity contribution in [3.63, 3.8) is 0 Å². The van der Waals surface area contributed by atoms with Crippen molar-refractivity contribution < 1.29 is 24.9 Å². The monoisotopic (exact) mass is 225 g/mol. The number of phenols is 2. The minimum absolute atomic E-state index is 0.300. The largest absolute Gasteiger partial charge is 0.507 e. The Kier molecular flexibility index (Phi) is 3.34. The highest BCUT2D eigenvalue weighted by Gasteiger charge is 2.21. The minimum atomic E-state index is -1.18. The molecule has 0 unspecified atom stereocenters. The van der Waals surface area contributed by atoms with E-state index in [0.29, 0.717) is 0 Å². The predicted molar refractivity (Wildman–Crippen MR) is 54.4 cm³/mol. The molecular weight excluding hydrogens is 214 g/mol. The van der Waals surface area contributed by atoms with Crippen molar-refractivity contribution >= 4 is 11.9 Å². The first-order valence-corrected chi connectivity index (χ1v) is 4.41. The molecule has 0 saturated carbocycles. The van der Waals surface area contributed by atoms with Gasteiger partial charge in [0.25, 0.3) is 5.91 Å². The van der Waals surface area contributed by atoms with Crippen molar-refractivity contribution in [1.82, 2.24) is 4.90 Å². The molecule has 0 radical (unpaired) electrons. The van der Waals surface area contributed by atoms with Gasteiger partial charge in [-0.25, -0.2) is 0 Å². The molecule has 0 aromatic heterocycles. The number of aromatic hydroxyl groups is 2. The predicted octanol–water partition coefficient (Wildman–Crippen LogP) is 0.254. The third-order valence-corrected chi connectivity index (χ3v) is 1.95. The number of carboxylic acids is 1. The molecule has 0 spiro atoms. The highest BCUT2D eigenvalue weighted by molar-refractivity contribution is 6.00. The summed E-state index contributed by atoms with van der Waals surface area (Å²) in [4.78, 5) is 22.9. The van der Waals surface area contributed by atoms with E-state index < -0.39 is 18.4 Å². The third kappa shape index (κ3) is 2.41. The second-order valence-electron chi connectivity index (χ2n) is 3.23. The maximum atomic E-state index is 11.7. The Morgan fingerprint density at radius 3 is 2.19 bits per heavy atom. The Hall–Kier alpha value is -2.24. The van der Waals surface area contributed by atoms with Crippen molar-refractivity contribution in [2.75, 3.05) is 13.6 Å². The van der Waals surface area contributed by atoms with Crippen LogP contribution in [0.1, 0.15) is 10.4 Å². The molecule has 0 bridgehead atoms. The van der Waals surface area contributed by atoms with E-state index >= 15 is 0 Å². The molecule has 3 N–H and O–H groups in total. The first-order chi connectivity index (χ1) is 7.43. The molecule has 1 amide bonds. The van der Waals surface area contributed by atoms with Gasteiger partial charge in [-0.2, -0.15) is 0 Å². The zero-order valence-electron chi connectivity index (χ0n) is 8.54. The van der Waals surface area contributed by atoms with Crippen LogP contribution in [0.2, 0.25) is 0 Å². The quantitative estimate of drug-likeness (QED) is 0.685. The smallest absolute Gasteiger partial charge is 0.323 e. The summed E-state index contributed by atoms with van der Waals surface area (Å²) in [6.07, 6.45) is 0. The van der Waals surface area contributed by atoms with Crippen LogP contribution in [0.25, 0.3) is 0 Å². The number of rotatable bonds is 3.